The number of rotatable bonds is 7. The lowest BCUT2D eigenvalue weighted by Gasteiger charge is -1.79. The molecule has 0 N–H and O–H groups in total. The summed E-state index contributed by atoms with van der Waals surface area (Å²) in [6.45, 7) is 7.34. The molecule has 0 fully saturated rings. The van der Waals surface area contributed by atoms with E-state index in [-0.39, 0.29) is 0 Å². The summed E-state index contributed by atoms with van der Waals surface area (Å²) in [7, 11) is 0. The van der Waals surface area contributed by atoms with Crippen molar-refractivity contribution in [3.05, 3.63) is 73.4 Å². The molecular weight excluding hydrogens is 180 g/mol. The molecular formula is C15H19. The van der Waals surface area contributed by atoms with Crippen LogP contribution < -0.4 is 0 Å². The van der Waals surface area contributed by atoms with Crippen LogP contribution in [0.1, 0.15) is 19.8 Å². The third-order valence-corrected chi connectivity index (χ3v) is 1.59. The average Bonchev–Trinajstić information content (AvgIpc) is 2.26. The van der Waals surface area contributed by atoms with E-state index in [2.05, 4.69) is 19.1 Å². The molecule has 0 bridgehead atoms. The minimum atomic E-state index is 1.15. The molecule has 0 heterocycles. The Morgan fingerprint density at radius 3 is 1.67 bits per heavy atom. The summed E-state index contributed by atoms with van der Waals surface area (Å²) >= 11 is 0. The Bertz CT molecular complexity index is 272. The Morgan fingerprint density at radius 1 is 0.733 bits per heavy atom. The fourth-order valence-electron chi connectivity index (χ4n) is 0.855. The Kier molecular flexibility index (Phi) is 11.1. The highest BCUT2D eigenvalue weighted by atomic mass is 13.8. The molecule has 0 saturated heterocycles. The first-order valence-electron chi connectivity index (χ1n) is 5.28. The molecule has 0 spiro atoms. The largest absolute Gasteiger partial charge is 0.0845 e. The lowest BCUT2D eigenvalue weighted by atomic mass is 10.3. The second kappa shape index (κ2) is 12.4. The van der Waals surface area contributed by atoms with E-state index in [4.69, 9.17) is 6.58 Å². The van der Waals surface area contributed by atoms with Crippen LogP contribution in [-0.2, 0) is 0 Å². The van der Waals surface area contributed by atoms with E-state index in [9.17, 15) is 0 Å². The lowest BCUT2D eigenvalue weighted by Crippen LogP contribution is -1.58. The van der Waals surface area contributed by atoms with Gasteiger partial charge < -0.3 is 0 Å². The predicted molar refractivity (Wildman–Crippen MR) is 69.5 cm³/mol. The summed E-state index contributed by atoms with van der Waals surface area (Å²) in [5, 5.41) is 0. The van der Waals surface area contributed by atoms with Gasteiger partial charge in [0.1, 0.15) is 0 Å². The van der Waals surface area contributed by atoms with Gasteiger partial charge in [0.05, 0.1) is 0 Å². The van der Waals surface area contributed by atoms with E-state index in [1.807, 2.05) is 42.5 Å². The van der Waals surface area contributed by atoms with Crippen LogP contribution in [0.5, 0.6) is 0 Å². The lowest BCUT2D eigenvalue weighted by molar-refractivity contribution is 0.959. The number of allylic oxidation sites excluding steroid dienone is 11. The van der Waals surface area contributed by atoms with Crippen molar-refractivity contribution in [2.45, 2.75) is 19.8 Å². The maximum absolute atomic E-state index is 5.17. The van der Waals surface area contributed by atoms with Gasteiger partial charge in [0.15, 0.2) is 0 Å². The van der Waals surface area contributed by atoms with Crippen molar-refractivity contribution >= 4 is 0 Å². The zero-order valence-electron chi connectivity index (χ0n) is 9.34. The molecule has 0 atom stereocenters. The van der Waals surface area contributed by atoms with Crippen molar-refractivity contribution < 1.29 is 0 Å². The normalized spacial score (nSPS) is 13.1. The first-order chi connectivity index (χ1) is 7.41. The summed E-state index contributed by atoms with van der Waals surface area (Å²) in [5.74, 6) is 0. The summed E-state index contributed by atoms with van der Waals surface area (Å²) < 4.78 is 0. The Labute approximate surface area is 93.7 Å². The molecule has 0 aliphatic carbocycles. The fourth-order valence-corrected chi connectivity index (χ4v) is 0.855. The van der Waals surface area contributed by atoms with Crippen molar-refractivity contribution in [2.24, 2.45) is 0 Å². The molecule has 0 saturated carbocycles. The Balaban J connectivity index is 3.65. The van der Waals surface area contributed by atoms with Crippen molar-refractivity contribution in [1.29, 1.82) is 0 Å². The first kappa shape index (κ1) is 13.4. The minimum Gasteiger partial charge on any atom is -0.0845 e. The van der Waals surface area contributed by atoms with Crippen molar-refractivity contribution in [2.75, 3.05) is 0 Å². The topological polar surface area (TPSA) is 0 Å². The van der Waals surface area contributed by atoms with Crippen LogP contribution in [0, 0.1) is 6.58 Å². The van der Waals surface area contributed by atoms with Gasteiger partial charge in [-0.2, -0.15) is 0 Å². The van der Waals surface area contributed by atoms with Gasteiger partial charge in [0.25, 0.3) is 0 Å². The molecule has 0 aromatic rings. The van der Waals surface area contributed by atoms with E-state index >= 15 is 0 Å². The van der Waals surface area contributed by atoms with Gasteiger partial charge in [-0.1, -0.05) is 86.8 Å². The summed E-state index contributed by atoms with van der Waals surface area (Å²) in [6, 6.07) is 0. The van der Waals surface area contributed by atoms with Crippen LogP contribution in [0.25, 0.3) is 0 Å². The monoisotopic (exact) mass is 199 g/mol. The quantitative estimate of drug-likeness (QED) is 0.527. The highest BCUT2D eigenvalue weighted by Gasteiger charge is 1.68. The van der Waals surface area contributed by atoms with Gasteiger partial charge in [-0.3, -0.25) is 0 Å². The van der Waals surface area contributed by atoms with Crippen LogP contribution in [-0.4, -0.2) is 0 Å². The third-order valence-electron chi connectivity index (χ3n) is 1.59. The van der Waals surface area contributed by atoms with Gasteiger partial charge in [0, 0.05) is 0 Å². The maximum atomic E-state index is 5.17. The molecule has 0 heteroatoms. The summed E-state index contributed by atoms with van der Waals surface area (Å²) in [4.78, 5) is 0. The average molecular weight is 199 g/mol. The van der Waals surface area contributed by atoms with E-state index in [1.54, 1.807) is 6.08 Å². The molecule has 0 aromatic heterocycles. The van der Waals surface area contributed by atoms with Gasteiger partial charge in [-0.25, -0.2) is 0 Å². The van der Waals surface area contributed by atoms with Crippen molar-refractivity contribution in [3.8, 4) is 0 Å². The molecule has 79 valence electrons. The van der Waals surface area contributed by atoms with Crippen LogP contribution in [0.3, 0.4) is 0 Å². The van der Waals surface area contributed by atoms with E-state index in [0.29, 0.717) is 0 Å². The zero-order chi connectivity index (χ0) is 11.2. The Morgan fingerprint density at radius 2 is 1.20 bits per heavy atom. The third kappa shape index (κ3) is 12.4. The fraction of sp³-hybridized carbons (Fsp3) is 0.200. The molecule has 0 aliphatic rings. The molecule has 0 amide bonds. The van der Waals surface area contributed by atoms with Gasteiger partial charge in [-0.05, 0) is 6.42 Å². The minimum absolute atomic E-state index is 1.15. The van der Waals surface area contributed by atoms with Gasteiger partial charge in [-0.15, -0.1) is 0 Å². The predicted octanol–water partition coefficient (Wildman–Crippen LogP) is 4.56. The van der Waals surface area contributed by atoms with Crippen molar-refractivity contribution in [3.63, 3.8) is 0 Å². The summed E-state index contributed by atoms with van der Waals surface area (Å²) in [6.07, 6.45) is 23.7. The molecule has 0 rings (SSSR count). The molecule has 0 unspecified atom stereocenters. The van der Waals surface area contributed by atoms with Crippen LogP contribution in [0.4, 0.5) is 0 Å². The van der Waals surface area contributed by atoms with Crippen LogP contribution in [0.2, 0.25) is 0 Å². The Hall–Kier alpha value is -1.56. The second-order valence-corrected chi connectivity index (χ2v) is 2.95. The number of unbranched alkanes of at least 4 members (excludes halogenated alkanes) is 1. The highest BCUT2D eigenvalue weighted by Crippen LogP contribution is 1.89. The summed E-state index contributed by atoms with van der Waals surface area (Å²) in [5.41, 5.74) is 0. The second-order valence-electron chi connectivity index (χ2n) is 2.95. The first-order valence-corrected chi connectivity index (χ1v) is 5.28. The van der Waals surface area contributed by atoms with Crippen LogP contribution in [0.15, 0.2) is 66.8 Å². The van der Waals surface area contributed by atoms with Gasteiger partial charge >= 0.3 is 0 Å². The van der Waals surface area contributed by atoms with Gasteiger partial charge in [0.2, 0.25) is 0 Å². The molecule has 0 nitrogen and oxygen atoms in total. The maximum Gasteiger partial charge on any atom is -0.0350 e. The number of hydrogen-bond donors (Lipinski definition) is 0. The SMILES string of the molecule is [CH]=CC=CC=CC=CC=CC=CCCC. The number of hydrogen-bond acceptors (Lipinski definition) is 0. The zero-order valence-corrected chi connectivity index (χ0v) is 9.34. The highest BCUT2D eigenvalue weighted by molar-refractivity contribution is 5.18. The van der Waals surface area contributed by atoms with E-state index in [0.717, 1.165) is 6.42 Å². The smallest absolute Gasteiger partial charge is 0.0350 e. The van der Waals surface area contributed by atoms with E-state index in [1.165, 1.54) is 12.5 Å². The molecule has 1 radical (unpaired) electrons. The van der Waals surface area contributed by atoms with Crippen molar-refractivity contribution in [1.82, 2.24) is 0 Å². The molecule has 0 aliphatic heterocycles. The molecule has 0 aromatic carbocycles. The standard InChI is InChI=1S/C15H19/c1-3-5-7-9-11-13-15-14-12-10-8-6-4-2/h1,3,5,7-15H,4,6H2,2H3. The molecule has 15 heavy (non-hydrogen) atoms. The van der Waals surface area contributed by atoms with Crippen LogP contribution >= 0.6 is 0 Å². The van der Waals surface area contributed by atoms with E-state index < -0.39 is 0 Å².